The van der Waals surface area contributed by atoms with Gasteiger partial charge in [-0.25, -0.2) is 4.79 Å². The first-order chi connectivity index (χ1) is 17.8. The molecule has 0 bridgehead atoms. The highest BCUT2D eigenvalue weighted by Gasteiger charge is 2.36. The van der Waals surface area contributed by atoms with Crippen molar-refractivity contribution in [2.75, 3.05) is 26.1 Å². The van der Waals surface area contributed by atoms with Crippen LogP contribution >= 0.6 is 0 Å². The number of rotatable bonds is 9. The lowest BCUT2D eigenvalue weighted by Crippen LogP contribution is -2.31. The number of esters is 1. The molecule has 0 saturated heterocycles. The number of carbonyl (C=O) groups is 4. The number of imide groups is 1. The van der Waals surface area contributed by atoms with E-state index >= 15 is 0 Å². The molecule has 0 spiro atoms. The lowest BCUT2D eigenvalue weighted by atomic mass is 10.1. The summed E-state index contributed by atoms with van der Waals surface area (Å²) in [6, 6.07) is 18.4. The van der Waals surface area contributed by atoms with E-state index in [1.807, 2.05) is 24.3 Å². The lowest BCUT2D eigenvalue weighted by Gasteiger charge is -2.15. The van der Waals surface area contributed by atoms with Gasteiger partial charge in [0.2, 0.25) is 0 Å². The number of para-hydroxylation sites is 2. The van der Waals surface area contributed by atoms with E-state index in [1.165, 1.54) is 32.2 Å². The minimum atomic E-state index is -1.12. The van der Waals surface area contributed by atoms with Gasteiger partial charge in [-0.2, -0.15) is 0 Å². The minimum Gasteiger partial charge on any atom is -0.497 e. The van der Waals surface area contributed by atoms with Gasteiger partial charge in [0, 0.05) is 6.54 Å². The van der Waals surface area contributed by atoms with E-state index in [-0.39, 0.29) is 23.2 Å². The number of benzene rings is 3. The monoisotopic (exact) mass is 502 g/mol. The van der Waals surface area contributed by atoms with Crippen LogP contribution in [0.2, 0.25) is 0 Å². The fourth-order valence-electron chi connectivity index (χ4n) is 3.92. The molecule has 190 valence electrons. The number of carbonyl (C=O) groups excluding carboxylic acids is 4. The molecule has 0 saturated carbocycles. The third kappa shape index (κ3) is 5.45. The predicted octanol–water partition coefficient (Wildman–Crippen LogP) is 3.73. The first kappa shape index (κ1) is 25.4. The molecule has 1 atom stereocenters. The highest BCUT2D eigenvalue weighted by atomic mass is 16.5. The van der Waals surface area contributed by atoms with Gasteiger partial charge in [0.1, 0.15) is 11.5 Å². The Balaban J connectivity index is 1.40. The summed E-state index contributed by atoms with van der Waals surface area (Å²) in [5.74, 6) is -1.05. The zero-order chi connectivity index (χ0) is 26.5. The van der Waals surface area contributed by atoms with E-state index in [4.69, 9.17) is 14.2 Å². The van der Waals surface area contributed by atoms with Gasteiger partial charge in [-0.3, -0.25) is 19.3 Å². The van der Waals surface area contributed by atoms with Crippen molar-refractivity contribution < 1.29 is 33.4 Å². The molecule has 0 radical (unpaired) electrons. The number of methoxy groups -OCH3 is 2. The molecule has 3 aromatic carbocycles. The van der Waals surface area contributed by atoms with Crippen LogP contribution < -0.4 is 14.8 Å². The Hall–Kier alpha value is -4.66. The second-order valence-electron chi connectivity index (χ2n) is 8.36. The van der Waals surface area contributed by atoms with E-state index < -0.39 is 29.8 Å². The Labute approximate surface area is 213 Å². The van der Waals surface area contributed by atoms with Gasteiger partial charge in [-0.05, 0) is 61.4 Å². The second kappa shape index (κ2) is 10.9. The van der Waals surface area contributed by atoms with Crippen molar-refractivity contribution in [1.29, 1.82) is 0 Å². The number of hydrogen-bond acceptors (Lipinski definition) is 7. The van der Waals surface area contributed by atoms with Gasteiger partial charge in [0.25, 0.3) is 17.7 Å². The number of ether oxygens (including phenoxy) is 3. The fourth-order valence-corrected chi connectivity index (χ4v) is 3.92. The third-order valence-corrected chi connectivity index (χ3v) is 6.01. The van der Waals surface area contributed by atoms with Gasteiger partial charge in [-0.1, -0.05) is 24.3 Å². The molecule has 1 aliphatic heterocycles. The zero-order valence-corrected chi connectivity index (χ0v) is 20.6. The van der Waals surface area contributed by atoms with E-state index in [1.54, 1.807) is 31.4 Å². The lowest BCUT2D eigenvalue weighted by molar-refractivity contribution is -0.123. The number of nitrogens with zero attached hydrogens (tertiary/aromatic N) is 1. The molecule has 1 aliphatic rings. The molecule has 3 aromatic rings. The van der Waals surface area contributed by atoms with Gasteiger partial charge in [0.15, 0.2) is 6.10 Å². The van der Waals surface area contributed by atoms with Crippen LogP contribution in [0, 0.1) is 0 Å². The van der Waals surface area contributed by atoms with Crippen molar-refractivity contribution in [1.82, 2.24) is 4.90 Å². The Morgan fingerprint density at radius 3 is 2.30 bits per heavy atom. The Kier molecular flexibility index (Phi) is 7.52. The predicted molar refractivity (Wildman–Crippen MR) is 135 cm³/mol. The molecular weight excluding hydrogens is 476 g/mol. The number of nitrogens with one attached hydrogen (secondary N) is 1. The van der Waals surface area contributed by atoms with Crippen LogP contribution in [0.3, 0.4) is 0 Å². The molecular formula is C28H26N2O7. The third-order valence-electron chi connectivity index (χ3n) is 6.01. The maximum atomic E-state index is 13.0. The summed E-state index contributed by atoms with van der Waals surface area (Å²) in [6.45, 7) is 1.63. The summed E-state index contributed by atoms with van der Waals surface area (Å²) < 4.78 is 15.7. The molecule has 3 amide bonds. The Morgan fingerprint density at radius 2 is 1.59 bits per heavy atom. The highest BCUT2D eigenvalue weighted by molar-refractivity contribution is 6.22. The van der Waals surface area contributed by atoms with Crippen LogP contribution in [0.25, 0.3) is 0 Å². The van der Waals surface area contributed by atoms with Crippen molar-refractivity contribution >= 4 is 29.4 Å². The smallest absolute Gasteiger partial charge is 0.338 e. The van der Waals surface area contributed by atoms with Crippen molar-refractivity contribution in [3.63, 3.8) is 0 Å². The number of anilines is 1. The van der Waals surface area contributed by atoms with Crippen LogP contribution in [0.1, 0.15) is 43.6 Å². The molecule has 0 aliphatic carbocycles. The summed E-state index contributed by atoms with van der Waals surface area (Å²) in [5.41, 5.74) is 1.80. The molecule has 1 N–H and O–H groups in total. The summed E-state index contributed by atoms with van der Waals surface area (Å²) in [6.07, 6.45) is -0.646. The van der Waals surface area contributed by atoms with Crippen LogP contribution in [0.15, 0.2) is 66.7 Å². The van der Waals surface area contributed by atoms with Gasteiger partial charge >= 0.3 is 5.97 Å². The molecule has 37 heavy (non-hydrogen) atoms. The number of hydrogen-bond donors (Lipinski definition) is 1. The first-order valence-corrected chi connectivity index (χ1v) is 11.6. The molecule has 1 unspecified atom stereocenters. The summed E-state index contributed by atoms with van der Waals surface area (Å²) in [5, 5.41) is 2.66. The molecule has 0 fully saturated rings. The topological polar surface area (TPSA) is 111 Å². The average Bonchev–Trinajstić information content (AvgIpc) is 3.16. The van der Waals surface area contributed by atoms with Crippen molar-refractivity contribution in [3.8, 4) is 11.5 Å². The minimum absolute atomic E-state index is 0.0637. The summed E-state index contributed by atoms with van der Waals surface area (Å²) >= 11 is 0. The van der Waals surface area contributed by atoms with E-state index in [2.05, 4.69) is 5.32 Å². The first-order valence-electron chi connectivity index (χ1n) is 11.6. The molecule has 9 nitrogen and oxygen atoms in total. The van der Waals surface area contributed by atoms with Crippen molar-refractivity contribution in [3.05, 3.63) is 89.0 Å². The van der Waals surface area contributed by atoms with Crippen molar-refractivity contribution in [2.45, 2.75) is 19.4 Å². The molecule has 1 heterocycles. The van der Waals surface area contributed by atoms with E-state index in [0.717, 1.165) is 16.2 Å². The highest BCUT2D eigenvalue weighted by Crippen LogP contribution is 2.26. The molecule has 0 aromatic heterocycles. The summed E-state index contributed by atoms with van der Waals surface area (Å²) in [4.78, 5) is 52.2. The molecule has 4 rings (SSSR count). The standard InChI is InChI=1S/C28H26N2O7/c1-17(25(31)29-23-6-4-5-7-24(23)36-3)37-28(34)19-10-13-21-22(16-19)27(33)30(26(21)32)15-14-18-8-11-20(35-2)12-9-18/h4-13,16-17H,14-15H2,1-3H3,(H,29,31). The van der Waals surface area contributed by atoms with Crippen LogP contribution in [0.4, 0.5) is 5.69 Å². The maximum Gasteiger partial charge on any atom is 0.338 e. The van der Waals surface area contributed by atoms with Gasteiger partial charge in [0.05, 0.1) is 36.6 Å². The molecule has 9 heteroatoms. The number of amides is 3. The Bertz CT molecular complexity index is 1350. The zero-order valence-electron chi connectivity index (χ0n) is 20.6. The normalized spacial score (nSPS) is 13.1. The van der Waals surface area contributed by atoms with Crippen LogP contribution in [0.5, 0.6) is 11.5 Å². The number of fused-ring (bicyclic) bond motifs is 1. The average molecular weight is 503 g/mol. The fraction of sp³-hybridized carbons (Fsp3) is 0.214. The maximum absolute atomic E-state index is 13.0. The summed E-state index contributed by atoms with van der Waals surface area (Å²) in [7, 11) is 3.06. The van der Waals surface area contributed by atoms with Gasteiger partial charge in [-0.15, -0.1) is 0 Å². The Morgan fingerprint density at radius 1 is 0.892 bits per heavy atom. The SMILES string of the molecule is COc1ccc(CCN2C(=O)c3ccc(C(=O)OC(C)C(=O)Nc4ccccc4OC)cc3C2=O)cc1. The van der Waals surface area contributed by atoms with E-state index in [0.29, 0.717) is 17.9 Å². The van der Waals surface area contributed by atoms with Crippen LogP contribution in [-0.4, -0.2) is 55.5 Å². The largest absolute Gasteiger partial charge is 0.497 e. The van der Waals surface area contributed by atoms with Crippen molar-refractivity contribution in [2.24, 2.45) is 0 Å². The van der Waals surface area contributed by atoms with Crippen LogP contribution in [-0.2, 0) is 16.0 Å². The van der Waals surface area contributed by atoms with E-state index in [9.17, 15) is 19.2 Å². The second-order valence-corrected chi connectivity index (χ2v) is 8.36. The quantitative estimate of drug-likeness (QED) is 0.351. The van der Waals surface area contributed by atoms with Gasteiger partial charge < -0.3 is 19.5 Å².